The Morgan fingerprint density at radius 3 is 2.27 bits per heavy atom. The summed E-state index contributed by atoms with van der Waals surface area (Å²) in [5.74, 6) is -0.199. The lowest BCUT2D eigenvalue weighted by molar-refractivity contribution is -0.119. The van der Waals surface area contributed by atoms with Crippen molar-refractivity contribution in [2.24, 2.45) is 0 Å². The minimum atomic E-state index is -4.22. The zero-order valence-electron chi connectivity index (χ0n) is 18.2. The Bertz CT molecular complexity index is 1310. The van der Waals surface area contributed by atoms with Gasteiger partial charge in [0.25, 0.3) is 10.0 Å². The van der Waals surface area contributed by atoms with Crippen LogP contribution in [0.4, 0.5) is 16.2 Å². The largest absolute Gasteiger partial charge is 0.495 e. The van der Waals surface area contributed by atoms with Crippen LogP contribution in [0.25, 0.3) is 0 Å². The normalized spacial score (nSPS) is 14.5. The number of methoxy groups -OCH3 is 1. The molecule has 0 radical (unpaired) electrons. The van der Waals surface area contributed by atoms with Crippen molar-refractivity contribution < 1.29 is 22.7 Å². The summed E-state index contributed by atoms with van der Waals surface area (Å²) in [6.45, 7) is 1.92. The first kappa shape index (κ1) is 22.3. The zero-order chi connectivity index (χ0) is 23.6. The van der Waals surface area contributed by atoms with Gasteiger partial charge in [-0.15, -0.1) is 0 Å². The number of benzene rings is 3. The predicted molar refractivity (Wildman–Crippen MR) is 125 cm³/mol. The minimum Gasteiger partial charge on any atom is -0.495 e. The van der Waals surface area contributed by atoms with Gasteiger partial charge in [0.15, 0.2) is 0 Å². The van der Waals surface area contributed by atoms with E-state index >= 15 is 0 Å². The molecule has 3 aromatic rings. The van der Waals surface area contributed by atoms with Crippen molar-refractivity contribution in [2.45, 2.75) is 18.4 Å². The summed E-state index contributed by atoms with van der Waals surface area (Å²) < 4.78 is 32.7. The zero-order valence-corrected chi connectivity index (χ0v) is 19.0. The van der Waals surface area contributed by atoms with Gasteiger partial charge < -0.3 is 10.1 Å². The maximum absolute atomic E-state index is 13.5. The first-order valence-electron chi connectivity index (χ1n) is 10.2. The van der Waals surface area contributed by atoms with Gasteiger partial charge in [-0.2, -0.15) is 4.31 Å². The number of sulfonamides is 1. The monoisotopic (exact) mass is 465 g/mol. The summed E-state index contributed by atoms with van der Waals surface area (Å²) in [4.78, 5) is 27.3. The number of anilines is 2. The average molecular weight is 466 g/mol. The van der Waals surface area contributed by atoms with Crippen molar-refractivity contribution in [1.29, 1.82) is 0 Å². The number of amides is 3. The van der Waals surface area contributed by atoms with Gasteiger partial charge in [-0.3, -0.25) is 9.69 Å². The van der Waals surface area contributed by atoms with E-state index in [-0.39, 0.29) is 35.1 Å². The van der Waals surface area contributed by atoms with Crippen LogP contribution in [0.3, 0.4) is 0 Å². The molecular formula is C24H23N3O5S. The second-order valence-corrected chi connectivity index (χ2v) is 9.30. The van der Waals surface area contributed by atoms with Crippen LogP contribution >= 0.6 is 0 Å². The molecule has 0 fully saturated rings. The van der Waals surface area contributed by atoms with Crippen molar-refractivity contribution in [1.82, 2.24) is 5.32 Å². The summed E-state index contributed by atoms with van der Waals surface area (Å²) in [6, 6.07) is 19.3. The highest BCUT2D eigenvalue weighted by molar-refractivity contribution is 7.94. The number of aryl methyl sites for hydroxylation is 1. The molecule has 33 heavy (non-hydrogen) atoms. The molecule has 0 spiro atoms. The molecule has 8 nitrogen and oxygen atoms in total. The molecule has 1 N–H and O–H groups in total. The molecule has 0 bridgehead atoms. The van der Waals surface area contributed by atoms with Gasteiger partial charge in [0.1, 0.15) is 22.9 Å². The van der Waals surface area contributed by atoms with Crippen molar-refractivity contribution in [2.75, 3.05) is 22.9 Å². The van der Waals surface area contributed by atoms with Gasteiger partial charge >= 0.3 is 6.03 Å². The Kier molecular flexibility index (Phi) is 6.06. The quantitative estimate of drug-likeness (QED) is 0.602. The number of para-hydroxylation sites is 3. The van der Waals surface area contributed by atoms with Crippen LogP contribution in [0.5, 0.6) is 5.75 Å². The summed E-state index contributed by atoms with van der Waals surface area (Å²) in [5, 5.41) is 2.79. The number of fused-ring (bicyclic) bond motifs is 1. The number of carbonyl (C=O) groups excluding carboxylic acids is 2. The third kappa shape index (κ3) is 4.27. The maximum atomic E-state index is 13.5. The molecule has 1 heterocycles. The van der Waals surface area contributed by atoms with Crippen molar-refractivity contribution >= 4 is 33.3 Å². The molecule has 0 saturated carbocycles. The minimum absolute atomic E-state index is 0.0677. The Hall–Kier alpha value is -3.85. The van der Waals surface area contributed by atoms with E-state index in [0.29, 0.717) is 4.31 Å². The van der Waals surface area contributed by atoms with Crippen LogP contribution in [0, 0.1) is 6.92 Å². The molecule has 1 aliphatic heterocycles. The third-order valence-corrected chi connectivity index (χ3v) is 7.03. The summed E-state index contributed by atoms with van der Waals surface area (Å²) in [5.41, 5.74) is 2.25. The maximum Gasteiger partial charge on any atom is 0.343 e. The van der Waals surface area contributed by atoms with Gasteiger partial charge in [0.05, 0.1) is 12.8 Å². The molecule has 0 aliphatic carbocycles. The van der Waals surface area contributed by atoms with Gasteiger partial charge in [0, 0.05) is 6.54 Å². The topological polar surface area (TPSA) is 96.0 Å². The van der Waals surface area contributed by atoms with Gasteiger partial charge in [-0.1, -0.05) is 54.1 Å². The van der Waals surface area contributed by atoms with Crippen LogP contribution < -0.4 is 19.3 Å². The first-order chi connectivity index (χ1) is 15.8. The van der Waals surface area contributed by atoms with E-state index in [9.17, 15) is 18.0 Å². The van der Waals surface area contributed by atoms with Crippen LogP contribution in [-0.2, 0) is 21.4 Å². The molecular weight excluding hydrogens is 442 g/mol. The Morgan fingerprint density at radius 2 is 1.58 bits per heavy atom. The van der Waals surface area contributed by atoms with Gasteiger partial charge in [-0.25, -0.2) is 13.2 Å². The first-order valence-corrected chi connectivity index (χ1v) is 11.7. The van der Waals surface area contributed by atoms with E-state index in [1.54, 1.807) is 30.3 Å². The molecule has 0 unspecified atom stereocenters. The second kappa shape index (κ2) is 8.95. The van der Waals surface area contributed by atoms with E-state index in [2.05, 4.69) is 5.32 Å². The van der Waals surface area contributed by atoms with E-state index in [1.165, 1.54) is 25.3 Å². The fraction of sp³-hybridized carbons (Fsp3) is 0.167. The van der Waals surface area contributed by atoms with E-state index in [0.717, 1.165) is 16.0 Å². The number of nitrogens with one attached hydrogen (secondary N) is 1. The van der Waals surface area contributed by atoms with Crippen LogP contribution in [0.15, 0.2) is 77.7 Å². The number of hydrogen-bond acceptors (Lipinski definition) is 5. The molecule has 3 amide bonds. The number of carbonyl (C=O) groups is 2. The molecule has 0 saturated heterocycles. The van der Waals surface area contributed by atoms with Crippen molar-refractivity contribution in [3.05, 3.63) is 83.9 Å². The number of nitrogens with zero attached hydrogens (tertiary/aromatic N) is 2. The second-order valence-electron chi connectivity index (χ2n) is 7.54. The summed E-state index contributed by atoms with van der Waals surface area (Å²) in [7, 11) is -2.82. The molecule has 0 aromatic heterocycles. The van der Waals surface area contributed by atoms with Crippen molar-refractivity contribution in [3.8, 4) is 5.75 Å². The number of ether oxygens (including phenoxy) is 1. The summed E-state index contributed by atoms with van der Waals surface area (Å²) >= 11 is 0. The number of rotatable bonds is 6. The lowest BCUT2D eigenvalue weighted by Gasteiger charge is -2.36. The van der Waals surface area contributed by atoms with Crippen LogP contribution in [0.1, 0.15) is 11.1 Å². The lowest BCUT2D eigenvalue weighted by atomic mass is 10.1. The van der Waals surface area contributed by atoms with Crippen LogP contribution in [-0.4, -0.2) is 34.0 Å². The lowest BCUT2D eigenvalue weighted by Crippen LogP contribution is -2.53. The molecule has 3 aromatic carbocycles. The fourth-order valence-corrected chi connectivity index (χ4v) is 5.20. The van der Waals surface area contributed by atoms with Crippen molar-refractivity contribution in [3.63, 3.8) is 0 Å². The van der Waals surface area contributed by atoms with E-state index < -0.39 is 22.0 Å². The Labute approximate surface area is 192 Å². The van der Waals surface area contributed by atoms with Gasteiger partial charge in [0.2, 0.25) is 5.91 Å². The van der Waals surface area contributed by atoms with E-state index in [4.69, 9.17) is 4.74 Å². The Morgan fingerprint density at radius 1 is 0.939 bits per heavy atom. The molecule has 170 valence electrons. The predicted octanol–water partition coefficient (Wildman–Crippen LogP) is 3.46. The molecule has 9 heteroatoms. The highest BCUT2D eigenvalue weighted by atomic mass is 32.2. The summed E-state index contributed by atoms with van der Waals surface area (Å²) in [6.07, 6.45) is 0. The Balaban J connectivity index is 1.66. The van der Waals surface area contributed by atoms with E-state index in [1.807, 2.05) is 31.2 Å². The van der Waals surface area contributed by atoms with Crippen LogP contribution in [0.2, 0.25) is 0 Å². The fourth-order valence-electron chi connectivity index (χ4n) is 3.60. The SMILES string of the molecule is COc1ccccc1N1C(=O)N(CC(=O)NCc2ccc(C)cc2)c2ccccc2S1(=O)=O. The standard InChI is InChI=1S/C24H23N3O5S/c1-17-11-13-18(14-12-17)15-25-23(28)16-26-20-8-4-6-10-22(20)33(30,31)27(24(26)29)19-7-3-5-9-21(19)32-2/h3-14H,15-16H2,1-2H3,(H,25,28). The smallest absolute Gasteiger partial charge is 0.343 e. The molecule has 0 atom stereocenters. The van der Waals surface area contributed by atoms with Gasteiger partial charge in [-0.05, 0) is 36.8 Å². The highest BCUT2D eigenvalue weighted by Gasteiger charge is 2.44. The molecule has 4 rings (SSSR count). The highest BCUT2D eigenvalue weighted by Crippen LogP contribution is 2.40. The average Bonchev–Trinajstić information content (AvgIpc) is 2.82. The third-order valence-electron chi connectivity index (χ3n) is 5.29. The molecule has 1 aliphatic rings. The number of hydrogen-bond donors (Lipinski definition) is 1. The number of urea groups is 1.